The van der Waals surface area contributed by atoms with Gasteiger partial charge in [-0.2, -0.15) is 0 Å². The van der Waals surface area contributed by atoms with Gasteiger partial charge in [-0.05, 0) is 52.8 Å². The predicted molar refractivity (Wildman–Crippen MR) is 80.4 cm³/mol. The fourth-order valence-corrected chi connectivity index (χ4v) is 3.56. The van der Waals surface area contributed by atoms with E-state index in [0.29, 0.717) is 16.3 Å². The number of alkyl halides is 2. The number of nitrogens with zero attached hydrogens (tertiary/aromatic N) is 1. The van der Waals surface area contributed by atoms with Crippen molar-refractivity contribution in [1.82, 2.24) is 4.57 Å². The molecule has 3 rings (SSSR count). The number of rotatable bonds is 1. The third-order valence-corrected chi connectivity index (χ3v) is 4.61. The van der Waals surface area contributed by atoms with Crippen LogP contribution in [0.1, 0.15) is 17.7 Å². The number of fused-ring (bicyclic) bond motifs is 1. The summed E-state index contributed by atoms with van der Waals surface area (Å²) in [6.07, 6.45) is 1.61. The molecule has 6 heteroatoms. The van der Waals surface area contributed by atoms with Crippen LogP contribution < -0.4 is 0 Å². The van der Waals surface area contributed by atoms with Crippen LogP contribution in [0.5, 0.6) is 0 Å². The van der Waals surface area contributed by atoms with E-state index in [-0.39, 0.29) is 19.3 Å². The fraction of sp³-hybridized carbons (Fsp3) is 0.286. The molecule has 1 aliphatic rings. The summed E-state index contributed by atoms with van der Waals surface area (Å²) in [7, 11) is 0. The molecule has 0 N–H and O–H groups in total. The quantitative estimate of drug-likeness (QED) is 0.582. The molecule has 106 valence electrons. The standard InChI is InChI=1S/C14H10ClF3IN/c15-8-3-9(16)5-10(4-8)20-7-12(19)11-6-14(17,18)2-1-13(11)20/h3-5,7H,1-2,6H2. The van der Waals surface area contributed by atoms with Gasteiger partial charge in [-0.15, -0.1) is 0 Å². The Hall–Kier alpha value is -0.690. The molecule has 1 aliphatic carbocycles. The van der Waals surface area contributed by atoms with E-state index in [1.54, 1.807) is 16.8 Å². The number of benzene rings is 1. The van der Waals surface area contributed by atoms with Crippen LogP contribution in [-0.4, -0.2) is 10.5 Å². The molecular weight excluding hydrogens is 402 g/mol. The molecule has 0 spiro atoms. The van der Waals surface area contributed by atoms with Crippen molar-refractivity contribution in [2.45, 2.75) is 25.2 Å². The third-order valence-electron chi connectivity index (χ3n) is 3.46. The summed E-state index contributed by atoms with van der Waals surface area (Å²) >= 11 is 7.90. The molecule has 2 aromatic rings. The van der Waals surface area contributed by atoms with Gasteiger partial charge in [0.15, 0.2) is 0 Å². The zero-order valence-electron chi connectivity index (χ0n) is 10.3. The highest BCUT2D eigenvalue weighted by Gasteiger charge is 2.37. The van der Waals surface area contributed by atoms with E-state index in [0.717, 1.165) is 9.26 Å². The van der Waals surface area contributed by atoms with E-state index in [1.165, 1.54) is 12.1 Å². The number of aromatic nitrogens is 1. The Morgan fingerprint density at radius 1 is 1.25 bits per heavy atom. The van der Waals surface area contributed by atoms with Gasteiger partial charge >= 0.3 is 0 Å². The topological polar surface area (TPSA) is 4.93 Å². The second-order valence-electron chi connectivity index (χ2n) is 4.93. The van der Waals surface area contributed by atoms with Gasteiger partial charge in [0.25, 0.3) is 5.92 Å². The second-order valence-corrected chi connectivity index (χ2v) is 6.53. The van der Waals surface area contributed by atoms with E-state index in [4.69, 9.17) is 11.6 Å². The van der Waals surface area contributed by atoms with Crippen LogP contribution >= 0.6 is 34.2 Å². The Kier molecular flexibility index (Phi) is 3.52. The maximum atomic E-state index is 13.5. The summed E-state index contributed by atoms with van der Waals surface area (Å²) in [6.45, 7) is 0. The Morgan fingerprint density at radius 3 is 2.70 bits per heavy atom. The predicted octanol–water partition coefficient (Wildman–Crippen LogP) is 5.00. The zero-order valence-corrected chi connectivity index (χ0v) is 13.2. The molecule has 0 saturated carbocycles. The van der Waals surface area contributed by atoms with Gasteiger partial charge in [0, 0.05) is 39.0 Å². The molecule has 0 aliphatic heterocycles. The molecule has 1 nitrogen and oxygen atoms in total. The van der Waals surface area contributed by atoms with Gasteiger partial charge in [0.2, 0.25) is 0 Å². The van der Waals surface area contributed by atoms with Crippen LogP contribution in [0, 0.1) is 9.39 Å². The molecule has 1 aromatic carbocycles. The first-order valence-electron chi connectivity index (χ1n) is 6.09. The maximum absolute atomic E-state index is 13.5. The molecule has 1 heterocycles. The van der Waals surface area contributed by atoms with Crippen LogP contribution in [0.15, 0.2) is 24.4 Å². The lowest BCUT2D eigenvalue weighted by Gasteiger charge is -2.23. The monoisotopic (exact) mass is 411 g/mol. The van der Waals surface area contributed by atoms with Crippen molar-refractivity contribution in [3.63, 3.8) is 0 Å². The minimum Gasteiger partial charge on any atom is -0.319 e. The molecule has 0 saturated heterocycles. The smallest absolute Gasteiger partial charge is 0.252 e. The average Bonchev–Trinajstić information content (AvgIpc) is 2.64. The molecule has 0 radical (unpaired) electrons. The van der Waals surface area contributed by atoms with E-state index < -0.39 is 11.7 Å². The minimum absolute atomic E-state index is 0.177. The SMILES string of the molecule is Fc1cc(Cl)cc(-n2cc(I)c3c2CCC(F)(F)C3)c1. The molecule has 0 atom stereocenters. The Labute approximate surface area is 132 Å². The van der Waals surface area contributed by atoms with E-state index in [2.05, 4.69) is 0 Å². The lowest BCUT2D eigenvalue weighted by molar-refractivity contribution is -0.0128. The van der Waals surface area contributed by atoms with Gasteiger partial charge in [-0.1, -0.05) is 11.6 Å². The van der Waals surface area contributed by atoms with Gasteiger partial charge in [0.1, 0.15) is 5.82 Å². The van der Waals surface area contributed by atoms with Crippen molar-refractivity contribution in [2.75, 3.05) is 0 Å². The highest BCUT2D eigenvalue weighted by molar-refractivity contribution is 14.1. The van der Waals surface area contributed by atoms with Gasteiger partial charge in [-0.25, -0.2) is 13.2 Å². The molecule has 1 aromatic heterocycles. The molecular formula is C14H10ClF3IN. The zero-order chi connectivity index (χ0) is 14.5. The van der Waals surface area contributed by atoms with E-state index >= 15 is 0 Å². The van der Waals surface area contributed by atoms with Gasteiger partial charge in [0.05, 0.1) is 0 Å². The van der Waals surface area contributed by atoms with Crippen LogP contribution in [0.25, 0.3) is 5.69 Å². The molecule has 0 bridgehead atoms. The average molecular weight is 412 g/mol. The first kappa shape index (κ1) is 14.3. The highest BCUT2D eigenvalue weighted by atomic mass is 127. The summed E-state index contributed by atoms with van der Waals surface area (Å²) in [5, 5.41) is 0.290. The Morgan fingerprint density at radius 2 is 2.00 bits per heavy atom. The third kappa shape index (κ3) is 2.57. The maximum Gasteiger partial charge on any atom is 0.252 e. The summed E-state index contributed by atoms with van der Waals surface area (Å²) in [6, 6.07) is 4.21. The highest BCUT2D eigenvalue weighted by Crippen LogP contribution is 2.37. The van der Waals surface area contributed by atoms with Crippen molar-refractivity contribution < 1.29 is 13.2 Å². The molecule has 20 heavy (non-hydrogen) atoms. The largest absolute Gasteiger partial charge is 0.319 e. The lowest BCUT2D eigenvalue weighted by Crippen LogP contribution is -2.26. The fourth-order valence-electron chi connectivity index (χ4n) is 2.57. The van der Waals surface area contributed by atoms with Crippen LogP contribution in [0.3, 0.4) is 0 Å². The minimum atomic E-state index is -2.65. The Bertz CT molecular complexity index is 661. The van der Waals surface area contributed by atoms with Crippen molar-refractivity contribution in [3.05, 3.63) is 50.1 Å². The number of hydrogen-bond donors (Lipinski definition) is 0. The number of halogens is 5. The van der Waals surface area contributed by atoms with Crippen LogP contribution in [0.4, 0.5) is 13.2 Å². The summed E-state index contributed by atoms with van der Waals surface area (Å²) < 4.78 is 43.0. The summed E-state index contributed by atoms with van der Waals surface area (Å²) in [5.74, 6) is -3.09. The summed E-state index contributed by atoms with van der Waals surface area (Å²) in [5.41, 5.74) is 2.05. The second kappa shape index (κ2) is 4.94. The van der Waals surface area contributed by atoms with Crippen molar-refractivity contribution >= 4 is 34.2 Å². The lowest BCUT2D eigenvalue weighted by atomic mass is 9.94. The molecule has 0 amide bonds. The number of hydrogen-bond acceptors (Lipinski definition) is 0. The Balaban J connectivity index is 2.13. The van der Waals surface area contributed by atoms with Gasteiger partial charge in [-0.3, -0.25) is 0 Å². The molecule has 0 unspecified atom stereocenters. The van der Waals surface area contributed by atoms with Crippen molar-refractivity contribution in [1.29, 1.82) is 0 Å². The van der Waals surface area contributed by atoms with E-state index in [9.17, 15) is 13.2 Å². The van der Waals surface area contributed by atoms with Crippen molar-refractivity contribution in [2.24, 2.45) is 0 Å². The summed E-state index contributed by atoms with van der Waals surface area (Å²) in [4.78, 5) is 0. The van der Waals surface area contributed by atoms with Crippen LogP contribution in [0.2, 0.25) is 5.02 Å². The van der Waals surface area contributed by atoms with Crippen molar-refractivity contribution in [3.8, 4) is 5.69 Å². The first-order chi connectivity index (χ1) is 9.35. The first-order valence-corrected chi connectivity index (χ1v) is 7.54. The van der Waals surface area contributed by atoms with Gasteiger partial charge < -0.3 is 4.57 Å². The van der Waals surface area contributed by atoms with E-state index in [1.807, 2.05) is 22.6 Å². The van der Waals surface area contributed by atoms with Crippen LogP contribution in [-0.2, 0) is 12.8 Å². The molecule has 0 fully saturated rings. The normalized spacial score (nSPS) is 17.1.